The van der Waals surface area contributed by atoms with Crippen LogP contribution in [0.3, 0.4) is 0 Å². The van der Waals surface area contributed by atoms with Gasteiger partial charge in [-0.05, 0) is 36.4 Å². The molecule has 2 aromatic carbocycles. The minimum atomic E-state index is -5.11. The highest BCUT2D eigenvalue weighted by Gasteiger charge is 2.43. The molecule has 158 valence electrons. The summed E-state index contributed by atoms with van der Waals surface area (Å²) in [6.45, 7) is 0. The lowest BCUT2D eigenvalue weighted by atomic mass is 10.1. The van der Waals surface area contributed by atoms with Gasteiger partial charge in [-0.15, -0.1) is 0 Å². The summed E-state index contributed by atoms with van der Waals surface area (Å²) in [5.41, 5.74) is 2.86. The van der Waals surface area contributed by atoms with Crippen molar-refractivity contribution < 1.29 is 41.4 Å². The van der Waals surface area contributed by atoms with Crippen LogP contribution in [0.2, 0.25) is 0 Å². The second kappa shape index (κ2) is 8.68. The predicted octanol–water partition coefficient (Wildman–Crippen LogP) is 2.93. The second-order valence-corrected chi connectivity index (χ2v) is 5.78. The van der Waals surface area contributed by atoms with E-state index in [4.69, 9.17) is 5.11 Å². The van der Waals surface area contributed by atoms with Crippen LogP contribution in [0.15, 0.2) is 48.5 Å². The van der Waals surface area contributed by atoms with Crippen molar-refractivity contribution in [1.82, 2.24) is 10.9 Å². The van der Waals surface area contributed by atoms with E-state index in [1.54, 1.807) is 5.43 Å². The van der Waals surface area contributed by atoms with E-state index < -0.39 is 36.2 Å². The molecule has 5 N–H and O–H groups in total. The molecule has 2 aromatic rings. The topological polar surface area (TPSA) is 93.6 Å². The van der Waals surface area contributed by atoms with Gasteiger partial charge in [-0.2, -0.15) is 26.3 Å². The maximum Gasteiger partial charge on any atom is 0.418 e. The molecule has 0 saturated heterocycles. The third-order valence-electron chi connectivity index (χ3n) is 3.63. The predicted molar refractivity (Wildman–Crippen MR) is 89.8 cm³/mol. The lowest BCUT2D eigenvalue weighted by Gasteiger charge is -2.22. The Hall–Kier alpha value is -2.83. The zero-order chi connectivity index (χ0) is 21.8. The number of benzene rings is 2. The van der Waals surface area contributed by atoms with Crippen molar-refractivity contribution >= 4 is 17.3 Å². The molecule has 0 heterocycles. The standard InChI is InChI=1S/C17H15F6N3O3/c18-16(19,20)9-5-7-10(8-6-9)24-12-4-2-1-3-11(12)14(28)25-26-15(29)13(27)17(21,22)23/h1-8,13,15,24,26-27,29H,(H,25,28). The number of para-hydroxylation sites is 1. The number of rotatable bonds is 6. The van der Waals surface area contributed by atoms with Crippen LogP contribution in [-0.2, 0) is 6.18 Å². The maximum absolute atomic E-state index is 12.6. The first-order chi connectivity index (χ1) is 13.4. The summed E-state index contributed by atoms with van der Waals surface area (Å²) in [6.07, 6.45) is -15.3. The molecule has 0 radical (unpaired) electrons. The fraction of sp³-hybridized carbons (Fsp3) is 0.235. The molecular weight excluding hydrogens is 408 g/mol. The number of hydrogen-bond acceptors (Lipinski definition) is 5. The summed E-state index contributed by atoms with van der Waals surface area (Å²) in [5, 5.41) is 20.8. The Morgan fingerprint density at radius 3 is 2.03 bits per heavy atom. The summed E-state index contributed by atoms with van der Waals surface area (Å²) < 4.78 is 74.8. The van der Waals surface area contributed by atoms with Gasteiger partial charge in [0.2, 0.25) is 0 Å². The maximum atomic E-state index is 12.6. The summed E-state index contributed by atoms with van der Waals surface area (Å²) in [7, 11) is 0. The number of aliphatic hydroxyl groups excluding tert-OH is 2. The highest BCUT2D eigenvalue weighted by Crippen LogP contribution is 2.30. The molecule has 0 aromatic heterocycles. The molecule has 0 aliphatic rings. The number of carbonyl (C=O) groups is 1. The molecular formula is C17H15F6N3O3. The number of hydrogen-bond donors (Lipinski definition) is 5. The Kier molecular flexibility index (Phi) is 6.72. The molecule has 0 bridgehead atoms. The van der Waals surface area contributed by atoms with Gasteiger partial charge in [0, 0.05) is 5.69 Å². The van der Waals surface area contributed by atoms with Crippen molar-refractivity contribution in [3.05, 3.63) is 59.7 Å². The van der Waals surface area contributed by atoms with Gasteiger partial charge in [-0.1, -0.05) is 12.1 Å². The van der Waals surface area contributed by atoms with Crippen LogP contribution in [0.25, 0.3) is 0 Å². The quantitative estimate of drug-likeness (QED) is 0.280. The van der Waals surface area contributed by atoms with Crippen LogP contribution in [0.5, 0.6) is 0 Å². The number of alkyl halides is 6. The number of anilines is 2. The third-order valence-corrected chi connectivity index (χ3v) is 3.63. The first-order valence-corrected chi connectivity index (χ1v) is 7.91. The lowest BCUT2D eigenvalue weighted by molar-refractivity contribution is -0.235. The number of hydrazine groups is 1. The van der Waals surface area contributed by atoms with Crippen molar-refractivity contribution in [3.8, 4) is 0 Å². The van der Waals surface area contributed by atoms with E-state index in [0.29, 0.717) is 0 Å². The fourth-order valence-corrected chi connectivity index (χ4v) is 2.15. The average Bonchev–Trinajstić information content (AvgIpc) is 2.64. The molecule has 1 amide bonds. The van der Waals surface area contributed by atoms with E-state index in [1.165, 1.54) is 24.3 Å². The van der Waals surface area contributed by atoms with Crippen molar-refractivity contribution in [2.45, 2.75) is 24.7 Å². The normalized spacial score (nSPS) is 14.2. The van der Waals surface area contributed by atoms with E-state index in [2.05, 4.69) is 5.32 Å². The van der Waals surface area contributed by atoms with Crippen LogP contribution in [0, 0.1) is 0 Å². The van der Waals surface area contributed by atoms with Gasteiger partial charge in [0.1, 0.15) is 0 Å². The SMILES string of the molecule is O=C(NNC(O)C(O)C(F)(F)F)c1ccccc1Nc1ccc(C(F)(F)F)cc1. The second-order valence-electron chi connectivity index (χ2n) is 5.78. The lowest BCUT2D eigenvalue weighted by Crippen LogP contribution is -2.54. The minimum Gasteiger partial charge on any atom is -0.380 e. The molecule has 0 fully saturated rings. The molecule has 0 spiro atoms. The zero-order valence-corrected chi connectivity index (χ0v) is 14.3. The Bertz CT molecular complexity index is 840. The van der Waals surface area contributed by atoms with Crippen LogP contribution in [-0.4, -0.2) is 34.6 Å². The van der Waals surface area contributed by atoms with Crippen molar-refractivity contribution in [2.75, 3.05) is 5.32 Å². The molecule has 0 saturated carbocycles. The first-order valence-electron chi connectivity index (χ1n) is 7.91. The van der Waals surface area contributed by atoms with Crippen molar-refractivity contribution in [3.63, 3.8) is 0 Å². The molecule has 2 rings (SSSR count). The molecule has 0 aliphatic heterocycles. The summed E-state index contributed by atoms with van der Waals surface area (Å²) in [4.78, 5) is 12.2. The van der Waals surface area contributed by atoms with Gasteiger partial charge >= 0.3 is 12.4 Å². The number of carbonyl (C=O) groups excluding carboxylic acids is 1. The van der Waals surface area contributed by atoms with Gasteiger partial charge in [-0.3, -0.25) is 10.2 Å². The molecule has 0 aliphatic carbocycles. The highest BCUT2D eigenvalue weighted by molar-refractivity contribution is 6.00. The molecule has 2 unspecified atom stereocenters. The largest absolute Gasteiger partial charge is 0.418 e. The van der Waals surface area contributed by atoms with Gasteiger partial charge in [0.05, 0.1) is 16.8 Å². The van der Waals surface area contributed by atoms with Crippen LogP contribution in [0.4, 0.5) is 37.7 Å². The fourth-order valence-electron chi connectivity index (χ4n) is 2.15. The van der Waals surface area contributed by atoms with Gasteiger partial charge in [-0.25, -0.2) is 5.43 Å². The van der Waals surface area contributed by atoms with Crippen LogP contribution >= 0.6 is 0 Å². The molecule has 2 atom stereocenters. The first kappa shape index (κ1) is 22.5. The van der Waals surface area contributed by atoms with E-state index in [1.807, 2.05) is 5.43 Å². The molecule has 6 nitrogen and oxygen atoms in total. The van der Waals surface area contributed by atoms with E-state index >= 15 is 0 Å². The monoisotopic (exact) mass is 423 g/mol. The Morgan fingerprint density at radius 1 is 0.897 bits per heavy atom. The van der Waals surface area contributed by atoms with E-state index in [9.17, 15) is 36.2 Å². The zero-order valence-electron chi connectivity index (χ0n) is 14.3. The van der Waals surface area contributed by atoms with Crippen LogP contribution < -0.4 is 16.2 Å². The van der Waals surface area contributed by atoms with Crippen molar-refractivity contribution in [1.29, 1.82) is 0 Å². The summed E-state index contributed by atoms with van der Waals surface area (Å²) >= 11 is 0. The van der Waals surface area contributed by atoms with E-state index in [-0.39, 0.29) is 16.9 Å². The number of nitrogens with one attached hydrogen (secondary N) is 3. The Morgan fingerprint density at radius 2 is 1.48 bits per heavy atom. The Labute approximate surface area is 160 Å². The number of amides is 1. The van der Waals surface area contributed by atoms with Gasteiger partial charge in [0.25, 0.3) is 5.91 Å². The summed E-state index contributed by atoms with van der Waals surface area (Å²) in [5.74, 6) is -0.964. The van der Waals surface area contributed by atoms with Gasteiger partial charge in [0.15, 0.2) is 12.3 Å². The number of aliphatic hydroxyl groups is 2. The molecule has 29 heavy (non-hydrogen) atoms. The third kappa shape index (κ3) is 6.07. The van der Waals surface area contributed by atoms with Crippen molar-refractivity contribution in [2.24, 2.45) is 0 Å². The Balaban J connectivity index is 2.09. The molecule has 12 heteroatoms. The average molecular weight is 423 g/mol. The highest BCUT2D eigenvalue weighted by atomic mass is 19.4. The van der Waals surface area contributed by atoms with Crippen LogP contribution in [0.1, 0.15) is 15.9 Å². The van der Waals surface area contributed by atoms with Gasteiger partial charge < -0.3 is 15.5 Å². The smallest absolute Gasteiger partial charge is 0.380 e. The minimum absolute atomic E-state index is 0.0893. The van der Waals surface area contributed by atoms with E-state index in [0.717, 1.165) is 24.3 Å². The summed E-state index contributed by atoms with van der Waals surface area (Å²) in [6, 6.07) is 9.59. The number of halogens is 6.